The van der Waals surface area contributed by atoms with Crippen LogP contribution in [-0.2, 0) is 0 Å². The molecule has 21 heavy (non-hydrogen) atoms. The van der Waals surface area contributed by atoms with Crippen LogP contribution in [0.1, 0.15) is 36.6 Å². The first-order valence-corrected chi connectivity index (χ1v) is 7.69. The number of anilines is 1. The highest BCUT2D eigenvalue weighted by atomic mass is 15.2. The minimum atomic E-state index is 0.00477. The van der Waals surface area contributed by atoms with Crippen molar-refractivity contribution in [3.8, 4) is 0 Å². The van der Waals surface area contributed by atoms with Crippen LogP contribution in [0.4, 0.5) is 5.69 Å². The maximum atomic E-state index is 6.51. The van der Waals surface area contributed by atoms with Crippen molar-refractivity contribution in [3.63, 3.8) is 0 Å². The monoisotopic (exact) mass is 282 g/mol. The molecular weight excluding hydrogens is 256 g/mol. The molecule has 112 valence electrons. The third-order valence-corrected chi connectivity index (χ3v) is 4.24. The summed E-state index contributed by atoms with van der Waals surface area (Å²) in [5.74, 6) is 0. The van der Waals surface area contributed by atoms with Gasteiger partial charge in [0.2, 0.25) is 0 Å². The molecule has 2 N–H and O–H groups in total. The van der Waals surface area contributed by atoms with Gasteiger partial charge in [-0.2, -0.15) is 0 Å². The van der Waals surface area contributed by atoms with Crippen molar-refractivity contribution in [2.75, 3.05) is 11.4 Å². The highest BCUT2D eigenvalue weighted by Crippen LogP contribution is 2.26. The second-order valence-corrected chi connectivity index (χ2v) is 5.75. The number of para-hydroxylation sites is 1. The largest absolute Gasteiger partial charge is 0.367 e. The van der Waals surface area contributed by atoms with Gasteiger partial charge in [-0.1, -0.05) is 48.0 Å². The molecule has 0 saturated heterocycles. The van der Waals surface area contributed by atoms with Gasteiger partial charge in [-0.25, -0.2) is 0 Å². The fourth-order valence-corrected chi connectivity index (χ4v) is 2.82. The topological polar surface area (TPSA) is 29.3 Å². The molecule has 2 heteroatoms. The van der Waals surface area contributed by atoms with Crippen LogP contribution in [0.3, 0.4) is 0 Å². The van der Waals surface area contributed by atoms with E-state index in [9.17, 15) is 0 Å². The summed E-state index contributed by atoms with van der Waals surface area (Å²) < 4.78 is 0. The molecule has 0 radical (unpaired) electrons. The number of rotatable bonds is 5. The number of hydrogen-bond donors (Lipinski definition) is 1. The van der Waals surface area contributed by atoms with Crippen LogP contribution in [0.2, 0.25) is 0 Å². The fourth-order valence-electron chi connectivity index (χ4n) is 2.82. The van der Waals surface area contributed by atoms with Crippen LogP contribution in [0, 0.1) is 13.8 Å². The Labute approximate surface area is 128 Å². The SMILES string of the molecule is CCN(c1ccccc1C)C(C)C(N)c1ccc(C)cc1. The Morgan fingerprint density at radius 1 is 1.00 bits per heavy atom. The standard InChI is InChI=1S/C19H26N2/c1-5-21(18-9-7-6-8-15(18)3)16(4)19(20)17-12-10-14(2)11-13-17/h6-13,16,19H,5,20H2,1-4H3. The Bertz CT molecular complexity index is 574. The molecule has 2 rings (SSSR count). The van der Waals surface area contributed by atoms with Crippen LogP contribution < -0.4 is 10.6 Å². The molecule has 0 heterocycles. The molecule has 2 nitrogen and oxygen atoms in total. The molecule has 0 aliphatic heterocycles. The second kappa shape index (κ2) is 6.77. The number of hydrogen-bond acceptors (Lipinski definition) is 2. The van der Waals surface area contributed by atoms with Crippen LogP contribution in [0.25, 0.3) is 0 Å². The zero-order chi connectivity index (χ0) is 15.4. The van der Waals surface area contributed by atoms with Gasteiger partial charge in [-0.05, 0) is 44.9 Å². The van der Waals surface area contributed by atoms with Crippen LogP contribution in [0.15, 0.2) is 48.5 Å². The quantitative estimate of drug-likeness (QED) is 0.889. The Morgan fingerprint density at radius 2 is 1.62 bits per heavy atom. The van der Waals surface area contributed by atoms with Crippen LogP contribution in [-0.4, -0.2) is 12.6 Å². The van der Waals surface area contributed by atoms with E-state index >= 15 is 0 Å². The van der Waals surface area contributed by atoms with E-state index in [1.54, 1.807) is 0 Å². The first kappa shape index (κ1) is 15.6. The zero-order valence-corrected chi connectivity index (χ0v) is 13.5. The summed E-state index contributed by atoms with van der Waals surface area (Å²) in [6.07, 6.45) is 0. The van der Waals surface area contributed by atoms with Gasteiger partial charge < -0.3 is 10.6 Å². The van der Waals surface area contributed by atoms with E-state index in [1.165, 1.54) is 22.4 Å². The maximum Gasteiger partial charge on any atom is 0.0499 e. The van der Waals surface area contributed by atoms with Crippen molar-refractivity contribution in [1.29, 1.82) is 0 Å². The predicted molar refractivity (Wildman–Crippen MR) is 91.8 cm³/mol. The van der Waals surface area contributed by atoms with E-state index in [0.29, 0.717) is 0 Å². The molecule has 0 saturated carbocycles. The lowest BCUT2D eigenvalue weighted by molar-refractivity contribution is 0.539. The first-order valence-electron chi connectivity index (χ1n) is 7.69. The lowest BCUT2D eigenvalue weighted by Crippen LogP contribution is -2.41. The summed E-state index contributed by atoms with van der Waals surface area (Å²) in [4.78, 5) is 2.39. The van der Waals surface area contributed by atoms with Crippen molar-refractivity contribution < 1.29 is 0 Å². The number of benzene rings is 2. The van der Waals surface area contributed by atoms with E-state index in [2.05, 4.69) is 81.1 Å². The molecule has 0 aromatic heterocycles. The van der Waals surface area contributed by atoms with Gasteiger partial charge in [0.1, 0.15) is 0 Å². The van der Waals surface area contributed by atoms with Gasteiger partial charge in [-0.3, -0.25) is 0 Å². The smallest absolute Gasteiger partial charge is 0.0499 e. The van der Waals surface area contributed by atoms with Crippen molar-refractivity contribution >= 4 is 5.69 Å². The molecule has 2 aromatic carbocycles. The molecular formula is C19H26N2. The van der Waals surface area contributed by atoms with E-state index in [1.807, 2.05) is 0 Å². The molecule has 2 atom stereocenters. The van der Waals surface area contributed by atoms with Gasteiger partial charge in [0.15, 0.2) is 0 Å². The maximum absolute atomic E-state index is 6.51. The normalized spacial score (nSPS) is 13.8. The summed E-state index contributed by atoms with van der Waals surface area (Å²) in [5, 5.41) is 0. The molecule has 0 spiro atoms. The molecule has 2 aromatic rings. The van der Waals surface area contributed by atoms with Crippen molar-refractivity contribution in [2.24, 2.45) is 5.73 Å². The number of nitrogens with zero attached hydrogens (tertiary/aromatic N) is 1. The molecule has 0 fully saturated rings. The van der Waals surface area contributed by atoms with Crippen LogP contribution in [0.5, 0.6) is 0 Å². The highest BCUT2D eigenvalue weighted by molar-refractivity contribution is 5.54. The highest BCUT2D eigenvalue weighted by Gasteiger charge is 2.22. The number of likely N-dealkylation sites (N-methyl/N-ethyl adjacent to an activating group) is 1. The molecule has 0 aliphatic rings. The molecule has 2 unspecified atom stereocenters. The lowest BCUT2D eigenvalue weighted by atomic mass is 9.98. The first-order chi connectivity index (χ1) is 10.0. The lowest BCUT2D eigenvalue weighted by Gasteiger charge is -2.35. The average Bonchev–Trinajstić information content (AvgIpc) is 2.50. The van der Waals surface area contributed by atoms with Crippen molar-refractivity contribution in [3.05, 3.63) is 65.2 Å². The van der Waals surface area contributed by atoms with E-state index in [-0.39, 0.29) is 12.1 Å². The Kier molecular flexibility index (Phi) is 5.03. The minimum Gasteiger partial charge on any atom is -0.367 e. The van der Waals surface area contributed by atoms with Gasteiger partial charge in [-0.15, -0.1) is 0 Å². The fraction of sp³-hybridized carbons (Fsp3) is 0.368. The Morgan fingerprint density at radius 3 is 2.19 bits per heavy atom. The van der Waals surface area contributed by atoms with Crippen molar-refractivity contribution in [2.45, 2.75) is 39.8 Å². The predicted octanol–water partition coefficient (Wildman–Crippen LogP) is 4.22. The van der Waals surface area contributed by atoms with Gasteiger partial charge in [0.25, 0.3) is 0 Å². The number of aryl methyl sites for hydroxylation is 2. The summed E-state index contributed by atoms with van der Waals surface area (Å²) in [7, 11) is 0. The average molecular weight is 282 g/mol. The minimum absolute atomic E-state index is 0.00477. The molecule has 0 aliphatic carbocycles. The third kappa shape index (κ3) is 3.45. The van der Waals surface area contributed by atoms with E-state index < -0.39 is 0 Å². The van der Waals surface area contributed by atoms with Gasteiger partial charge >= 0.3 is 0 Å². The second-order valence-electron chi connectivity index (χ2n) is 5.75. The summed E-state index contributed by atoms with van der Waals surface area (Å²) in [6, 6.07) is 17.3. The Balaban J connectivity index is 2.25. The third-order valence-electron chi connectivity index (χ3n) is 4.24. The van der Waals surface area contributed by atoms with Crippen molar-refractivity contribution in [1.82, 2.24) is 0 Å². The van der Waals surface area contributed by atoms with E-state index in [4.69, 9.17) is 5.73 Å². The summed E-state index contributed by atoms with van der Waals surface area (Å²) in [6.45, 7) is 9.60. The molecule has 0 amide bonds. The number of nitrogens with two attached hydrogens (primary N) is 1. The van der Waals surface area contributed by atoms with Gasteiger partial charge in [0.05, 0.1) is 0 Å². The summed E-state index contributed by atoms with van der Waals surface area (Å²) >= 11 is 0. The summed E-state index contributed by atoms with van der Waals surface area (Å²) in [5.41, 5.74) is 11.5. The van der Waals surface area contributed by atoms with Crippen LogP contribution >= 0.6 is 0 Å². The molecule has 0 bridgehead atoms. The van der Waals surface area contributed by atoms with E-state index in [0.717, 1.165) is 6.54 Å². The zero-order valence-electron chi connectivity index (χ0n) is 13.5. The van der Waals surface area contributed by atoms with Gasteiger partial charge in [0, 0.05) is 24.3 Å². The Hall–Kier alpha value is -1.80.